The summed E-state index contributed by atoms with van der Waals surface area (Å²) in [5.41, 5.74) is 1.26. The molecule has 3 rings (SSSR count). The van der Waals surface area contributed by atoms with Crippen molar-refractivity contribution in [2.45, 2.75) is 65.1 Å². The van der Waals surface area contributed by atoms with Gasteiger partial charge in [-0.25, -0.2) is 0 Å². The van der Waals surface area contributed by atoms with Gasteiger partial charge in [0.2, 0.25) is 0 Å². The maximum absolute atomic E-state index is 12.6. The summed E-state index contributed by atoms with van der Waals surface area (Å²) in [6.07, 6.45) is 3.58. The summed E-state index contributed by atoms with van der Waals surface area (Å²) in [6, 6.07) is 10.6. The molecule has 6 atom stereocenters. The highest BCUT2D eigenvalue weighted by molar-refractivity contribution is 5.79. The van der Waals surface area contributed by atoms with Crippen molar-refractivity contribution in [3.63, 3.8) is 0 Å². The summed E-state index contributed by atoms with van der Waals surface area (Å²) in [6.45, 7) is 9.77. The van der Waals surface area contributed by atoms with Crippen LogP contribution in [-0.4, -0.2) is 29.6 Å². The van der Waals surface area contributed by atoms with Crippen molar-refractivity contribution in [2.24, 2.45) is 17.8 Å². The number of esters is 1. The Kier molecular flexibility index (Phi) is 5.29. The zero-order valence-electron chi connectivity index (χ0n) is 15.4. The minimum atomic E-state index is -0.0507. The molecule has 1 saturated carbocycles. The first kappa shape index (κ1) is 17.5. The Morgan fingerprint density at radius 3 is 2.54 bits per heavy atom. The van der Waals surface area contributed by atoms with Crippen LogP contribution in [-0.2, 0) is 9.53 Å². The van der Waals surface area contributed by atoms with Crippen molar-refractivity contribution in [1.82, 2.24) is 4.90 Å². The van der Waals surface area contributed by atoms with E-state index in [2.05, 4.69) is 56.9 Å². The van der Waals surface area contributed by atoms with Crippen LogP contribution in [0.2, 0.25) is 0 Å². The molecule has 3 nitrogen and oxygen atoms in total. The van der Waals surface area contributed by atoms with Gasteiger partial charge in [-0.1, -0.05) is 57.5 Å². The van der Waals surface area contributed by atoms with Crippen LogP contribution in [0.4, 0.5) is 0 Å². The molecule has 0 aromatic heterocycles. The monoisotopic (exact) mass is 329 g/mol. The van der Waals surface area contributed by atoms with Crippen LogP contribution < -0.4 is 0 Å². The van der Waals surface area contributed by atoms with Crippen LogP contribution in [0.25, 0.3) is 0 Å². The Morgan fingerprint density at radius 2 is 1.88 bits per heavy atom. The largest absolute Gasteiger partial charge is 0.461 e. The van der Waals surface area contributed by atoms with Crippen LogP contribution in [0.3, 0.4) is 0 Å². The van der Waals surface area contributed by atoms with Gasteiger partial charge in [0.05, 0.1) is 0 Å². The number of carbonyl (C=O) groups excluding carboxylic acids is 1. The molecule has 0 amide bonds. The molecule has 1 aliphatic carbocycles. The first-order valence-corrected chi connectivity index (χ1v) is 9.48. The van der Waals surface area contributed by atoms with Crippen molar-refractivity contribution in [2.75, 3.05) is 6.54 Å². The van der Waals surface area contributed by atoms with E-state index < -0.39 is 0 Å². The number of benzene rings is 1. The standard InChI is InChI=1S/C21H31NO2/c1-14(2)18-11-10-15(3)12-20(18)24-21(23)19-13-22(19)16(4)17-8-6-5-7-9-17/h5-9,14-16,18-20H,10-13H2,1-4H3/t15-,16+,18-,19-,20?,22?/m1/s1. The van der Waals surface area contributed by atoms with E-state index in [1.54, 1.807) is 0 Å². The Hall–Kier alpha value is -1.35. The number of carbonyl (C=O) groups is 1. The first-order valence-electron chi connectivity index (χ1n) is 9.48. The average Bonchev–Trinajstić information content (AvgIpc) is 3.35. The number of nitrogens with zero attached hydrogens (tertiary/aromatic N) is 1. The van der Waals surface area contributed by atoms with Crippen molar-refractivity contribution in [3.8, 4) is 0 Å². The predicted octanol–water partition coefficient (Wildman–Crippen LogP) is 4.44. The fraction of sp³-hybridized carbons (Fsp3) is 0.667. The summed E-state index contributed by atoms with van der Waals surface area (Å²) < 4.78 is 6.00. The SMILES string of the molecule is CC(C)[C@H]1CC[C@@H](C)CC1OC(=O)[C@H]1CN1[C@@H](C)c1ccccc1. The van der Waals surface area contributed by atoms with Gasteiger partial charge in [-0.3, -0.25) is 9.69 Å². The van der Waals surface area contributed by atoms with E-state index >= 15 is 0 Å². The zero-order chi connectivity index (χ0) is 17.3. The molecule has 2 aliphatic rings. The van der Waals surface area contributed by atoms with E-state index in [-0.39, 0.29) is 24.2 Å². The van der Waals surface area contributed by atoms with Crippen LogP contribution in [0.15, 0.2) is 30.3 Å². The quantitative estimate of drug-likeness (QED) is 0.591. The average molecular weight is 329 g/mol. The molecular formula is C21H31NO2. The lowest BCUT2D eigenvalue weighted by Gasteiger charge is -2.36. The van der Waals surface area contributed by atoms with Gasteiger partial charge in [0.15, 0.2) is 0 Å². The van der Waals surface area contributed by atoms with Gasteiger partial charge in [0, 0.05) is 12.6 Å². The predicted molar refractivity (Wildman–Crippen MR) is 96.6 cm³/mol. The molecule has 24 heavy (non-hydrogen) atoms. The molecule has 1 aliphatic heterocycles. The fourth-order valence-electron chi connectivity index (χ4n) is 4.19. The number of hydrogen-bond donors (Lipinski definition) is 0. The van der Waals surface area contributed by atoms with E-state index in [1.165, 1.54) is 18.4 Å². The van der Waals surface area contributed by atoms with E-state index in [1.807, 2.05) is 6.07 Å². The molecule has 2 fully saturated rings. The van der Waals surface area contributed by atoms with Crippen molar-refractivity contribution in [1.29, 1.82) is 0 Å². The smallest absolute Gasteiger partial charge is 0.325 e. The summed E-state index contributed by atoms with van der Waals surface area (Å²) >= 11 is 0. The van der Waals surface area contributed by atoms with Crippen molar-refractivity contribution >= 4 is 5.97 Å². The van der Waals surface area contributed by atoms with E-state index in [4.69, 9.17) is 4.74 Å². The van der Waals surface area contributed by atoms with Gasteiger partial charge in [-0.15, -0.1) is 0 Å². The molecule has 0 N–H and O–H groups in total. The second-order valence-electron chi connectivity index (χ2n) is 8.10. The Balaban J connectivity index is 1.57. The van der Waals surface area contributed by atoms with Gasteiger partial charge in [-0.2, -0.15) is 0 Å². The third-order valence-electron chi connectivity index (χ3n) is 5.93. The molecule has 1 heterocycles. The van der Waals surface area contributed by atoms with Gasteiger partial charge < -0.3 is 4.74 Å². The first-order chi connectivity index (χ1) is 11.5. The highest BCUT2D eigenvalue weighted by Gasteiger charge is 2.46. The Bertz CT molecular complexity index is 556. The Labute approximate surface area is 146 Å². The van der Waals surface area contributed by atoms with Gasteiger partial charge in [0.1, 0.15) is 12.1 Å². The maximum atomic E-state index is 12.6. The number of rotatable bonds is 5. The molecule has 1 aromatic rings. The van der Waals surface area contributed by atoms with Crippen LogP contribution in [0.5, 0.6) is 0 Å². The minimum Gasteiger partial charge on any atom is -0.461 e. The summed E-state index contributed by atoms with van der Waals surface area (Å²) in [4.78, 5) is 14.9. The lowest BCUT2D eigenvalue weighted by atomic mass is 9.75. The third-order valence-corrected chi connectivity index (χ3v) is 5.93. The van der Waals surface area contributed by atoms with Gasteiger partial charge >= 0.3 is 5.97 Å². The third kappa shape index (κ3) is 3.83. The normalized spacial score (nSPS) is 34.0. The molecule has 1 saturated heterocycles. The molecule has 2 unspecified atom stereocenters. The molecule has 1 aromatic carbocycles. The topological polar surface area (TPSA) is 29.3 Å². The van der Waals surface area contributed by atoms with E-state index in [0.717, 1.165) is 13.0 Å². The Morgan fingerprint density at radius 1 is 1.17 bits per heavy atom. The summed E-state index contributed by atoms with van der Waals surface area (Å²) in [7, 11) is 0. The highest BCUT2D eigenvalue weighted by atomic mass is 16.5. The van der Waals surface area contributed by atoms with Crippen LogP contribution in [0.1, 0.15) is 58.6 Å². The zero-order valence-corrected chi connectivity index (χ0v) is 15.4. The molecule has 0 spiro atoms. The van der Waals surface area contributed by atoms with Gasteiger partial charge in [-0.05, 0) is 43.1 Å². The molecule has 0 bridgehead atoms. The van der Waals surface area contributed by atoms with Gasteiger partial charge in [0.25, 0.3) is 0 Å². The summed E-state index contributed by atoms with van der Waals surface area (Å²) in [5, 5.41) is 0. The molecule has 132 valence electrons. The number of hydrogen-bond acceptors (Lipinski definition) is 3. The fourth-order valence-corrected chi connectivity index (χ4v) is 4.19. The van der Waals surface area contributed by atoms with E-state index in [0.29, 0.717) is 17.8 Å². The van der Waals surface area contributed by atoms with Crippen molar-refractivity contribution < 1.29 is 9.53 Å². The lowest BCUT2D eigenvalue weighted by molar-refractivity contribution is -0.156. The van der Waals surface area contributed by atoms with Crippen molar-refractivity contribution in [3.05, 3.63) is 35.9 Å². The van der Waals surface area contributed by atoms with Crippen LogP contribution >= 0.6 is 0 Å². The van der Waals surface area contributed by atoms with E-state index in [9.17, 15) is 4.79 Å². The molecule has 0 radical (unpaired) electrons. The summed E-state index contributed by atoms with van der Waals surface area (Å²) in [5.74, 6) is 1.75. The second kappa shape index (κ2) is 7.26. The lowest BCUT2D eigenvalue weighted by Crippen LogP contribution is -2.37. The molecule has 3 heteroatoms. The molecular weight excluding hydrogens is 298 g/mol. The highest BCUT2D eigenvalue weighted by Crippen LogP contribution is 2.37. The van der Waals surface area contributed by atoms with Crippen LogP contribution in [0, 0.1) is 17.8 Å². The maximum Gasteiger partial charge on any atom is 0.325 e. The number of ether oxygens (including phenoxy) is 1. The second-order valence-corrected chi connectivity index (χ2v) is 8.10. The minimum absolute atomic E-state index is 0.0115.